The first-order valence-electron chi connectivity index (χ1n) is 6.79. The first-order valence-corrected chi connectivity index (χ1v) is 6.79. The molecule has 2 rings (SSSR count). The molecule has 20 heavy (non-hydrogen) atoms. The largest absolute Gasteiger partial charge is 0.356 e. The number of likely N-dealkylation sites (tertiary alicyclic amines) is 1. The maximum atomic E-state index is 4.25. The van der Waals surface area contributed by atoms with Gasteiger partial charge in [0.1, 0.15) is 0 Å². The van der Waals surface area contributed by atoms with E-state index in [1.165, 1.54) is 19.5 Å². The molecule has 114 valence electrons. The number of hydrogen-bond donors (Lipinski definition) is 2. The molecule has 7 heteroatoms. The van der Waals surface area contributed by atoms with Gasteiger partial charge in [0.25, 0.3) is 0 Å². The summed E-state index contributed by atoms with van der Waals surface area (Å²) in [5.41, 5.74) is 1.14. The van der Waals surface area contributed by atoms with Gasteiger partial charge in [0.2, 0.25) is 0 Å². The number of halogens is 1. The van der Waals surface area contributed by atoms with Gasteiger partial charge in [0.15, 0.2) is 5.96 Å². The van der Waals surface area contributed by atoms with Crippen LogP contribution < -0.4 is 10.6 Å². The Kier molecular flexibility index (Phi) is 7.28. The molecule has 0 spiro atoms. The van der Waals surface area contributed by atoms with Gasteiger partial charge in [-0.3, -0.25) is 9.67 Å². The van der Waals surface area contributed by atoms with Crippen LogP contribution >= 0.6 is 24.0 Å². The highest BCUT2D eigenvalue weighted by Crippen LogP contribution is 2.12. The van der Waals surface area contributed by atoms with Crippen LogP contribution in [0.1, 0.15) is 12.1 Å². The van der Waals surface area contributed by atoms with Crippen LogP contribution in [0.4, 0.5) is 0 Å². The molecule has 1 aromatic rings. The minimum absolute atomic E-state index is 0. The van der Waals surface area contributed by atoms with Crippen molar-refractivity contribution in [3.63, 3.8) is 0 Å². The maximum absolute atomic E-state index is 4.25. The van der Waals surface area contributed by atoms with Crippen LogP contribution in [-0.4, -0.2) is 54.4 Å². The number of rotatable bonds is 4. The first-order chi connectivity index (χ1) is 9.19. The summed E-state index contributed by atoms with van der Waals surface area (Å²) in [6, 6.07) is 2.01. The predicted octanol–water partition coefficient (Wildman–Crippen LogP) is 0.655. The van der Waals surface area contributed by atoms with E-state index >= 15 is 0 Å². The molecule has 0 saturated carbocycles. The zero-order chi connectivity index (χ0) is 13.7. The summed E-state index contributed by atoms with van der Waals surface area (Å²) in [6.45, 7) is 4.09. The van der Waals surface area contributed by atoms with Crippen molar-refractivity contribution in [2.45, 2.75) is 13.0 Å². The van der Waals surface area contributed by atoms with Crippen LogP contribution in [0.2, 0.25) is 0 Å². The monoisotopic (exact) mass is 392 g/mol. The topological polar surface area (TPSA) is 57.5 Å². The molecule has 6 nitrogen and oxygen atoms in total. The molecular weight excluding hydrogens is 367 g/mol. The molecule has 1 aliphatic heterocycles. The molecule has 1 aliphatic rings. The van der Waals surface area contributed by atoms with E-state index in [0.717, 1.165) is 30.7 Å². The Bertz CT molecular complexity index is 430. The van der Waals surface area contributed by atoms with Gasteiger partial charge in [0, 0.05) is 33.4 Å². The molecule has 1 aromatic heterocycles. The van der Waals surface area contributed by atoms with Gasteiger partial charge < -0.3 is 15.5 Å². The van der Waals surface area contributed by atoms with Crippen molar-refractivity contribution in [3.05, 3.63) is 18.0 Å². The van der Waals surface area contributed by atoms with E-state index in [2.05, 4.69) is 32.7 Å². The van der Waals surface area contributed by atoms with Gasteiger partial charge in [-0.25, -0.2) is 0 Å². The summed E-state index contributed by atoms with van der Waals surface area (Å²) in [7, 11) is 5.93. The van der Waals surface area contributed by atoms with Gasteiger partial charge in [-0.2, -0.15) is 5.10 Å². The third kappa shape index (κ3) is 4.93. The lowest BCUT2D eigenvalue weighted by Gasteiger charge is -2.15. The summed E-state index contributed by atoms with van der Waals surface area (Å²) >= 11 is 0. The standard InChI is InChI=1S/C13H24N6.HI/c1-14-13(15-8-11-5-7-18(2)10-11)16-9-12-4-6-17-19(12)3;/h4,6,11H,5,7-10H2,1-3H3,(H2,14,15,16);1H. The highest BCUT2D eigenvalue weighted by atomic mass is 127. The van der Waals surface area contributed by atoms with Crippen LogP contribution in [0.15, 0.2) is 17.3 Å². The van der Waals surface area contributed by atoms with Crippen molar-refractivity contribution in [3.8, 4) is 0 Å². The second kappa shape index (κ2) is 8.46. The molecule has 0 aromatic carbocycles. The lowest BCUT2D eigenvalue weighted by Crippen LogP contribution is -2.40. The highest BCUT2D eigenvalue weighted by Gasteiger charge is 2.19. The number of guanidine groups is 1. The third-order valence-corrected chi connectivity index (χ3v) is 3.63. The Morgan fingerprint density at radius 2 is 2.25 bits per heavy atom. The van der Waals surface area contributed by atoms with E-state index in [4.69, 9.17) is 0 Å². The van der Waals surface area contributed by atoms with Crippen molar-refractivity contribution < 1.29 is 0 Å². The molecule has 1 saturated heterocycles. The fourth-order valence-corrected chi connectivity index (χ4v) is 2.40. The smallest absolute Gasteiger partial charge is 0.191 e. The predicted molar refractivity (Wildman–Crippen MR) is 92.4 cm³/mol. The third-order valence-electron chi connectivity index (χ3n) is 3.63. The molecule has 2 N–H and O–H groups in total. The zero-order valence-corrected chi connectivity index (χ0v) is 14.8. The van der Waals surface area contributed by atoms with Crippen molar-refractivity contribution in [2.75, 3.05) is 33.7 Å². The van der Waals surface area contributed by atoms with Gasteiger partial charge in [-0.05, 0) is 32.0 Å². The van der Waals surface area contributed by atoms with Gasteiger partial charge in [-0.1, -0.05) is 0 Å². The molecule has 1 unspecified atom stereocenters. The van der Waals surface area contributed by atoms with Crippen molar-refractivity contribution in [2.24, 2.45) is 18.0 Å². The quantitative estimate of drug-likeness (QED) is 0.449. The van der Waals surface area contributed by atoms with Crippen LogP contribution in [0.25, 0.3) is 0 Å². The lowest BCUT2D eigenvalue weighted by atomic mass is 10.1. The highest BCUT2D eigenvalue weighted by molar-refractivity contribution is 14.0. The first kappa shape index (κ1) is 17.2. The summed E-state index contributed by atoms with van der Waals surface area (Å²) < 4.78 is 1.87. The SMILES string of the molecule is CN=C(NCc1ccnn1C)NCC1CCN(C)C1.I. The van der Waals surface area contributed by atoms with Gasteiger partial charge in [0.05, 0.1) is 12.2 Å². The Balaban J connectivity index is 0.00000200. The molecule has 2 heterocycles. The number of aromatic nitrogens is 2. The molecule has 1 fully saturated rings. The van der Waals surface area contributed by atoms with Crippen LogP contribution in [0.5, 0.6) is 0 Å². The average Bonchev–Trinajstić information content (AvgIpc) is 2.99. The number of aliphatic imine (C=N–C) groups is 1. The molecular formula is C13H25IN6. The summed E-state index contributed by atoms with van der Waals surface area (Å²) in [6.07, 6.45) is 3.07. The van der Waals surface area contributed by atoms with E-state index in [1.807, 2.05) is 24.0 Å². The summed E-state index contributed by atoms with van der Waals surface area (Å²) in [5, 5.41) is 10.9. The van der Waals surface area contributed by atoms with E-state index in [9.17, 15) is 0 Å². The molecule has 0 bridgehead atoms. The van der Waals surface area contributed by atoms with Crippen LogP contribution in [0.3, 0.4) is 0 Å². The van der Waals surface area contributed by atoms with Crippen LogP contribution in [-0.2, 0) is 13.6 Å². The van der Waals surface area contributed by atoms with E-state index in [1.54, 1.807) is 7.05 Å². The van der Waals surface area contributed by atoms with Crippen LogP contribution in [0, 0.1) is 5.92 Å². The Hall–Kier alpha value is -0.830. The molecule has 0 radical (unpaired) electrons. The number of aryl methyl sites for hydroxylation is 1. The van der Waals surface area contributed by atoms with Crippen molar-refractivity contribution >= 4 is 29.9 Å². The number of nitrogens with zero attached hydrogens (tertiary/aromatic N) is 4. The van der Waals surface area contributed by atoms with Gasteiger partial charge in [-0.15, -0.1) is 24.0 Å². The average molecular weight is 392 g/mol. The zero-order valence-electron chi connectivity index (χ0n) is 12.5. The summed E-state index contributed by atoms with van der Waals surface area (Å²) in [4.78, 5) is 6.62. The molecule has 0 aliphatic carbocycles. The Morgan fingerprint density at radius 3 is 2.80 bits per heavy atom. The normalized spacial score (nSPS) is 19.8. The second-order valence-corrected chi connectivity index (χ2v) is 5.17. The van der Waals surface area contributed by atoms with Gasteiger partial charge >= 0.3 is 0 Å². The molecule has 1 atom stereocenters. The lowest BCUT2D eigenvalue weighted by molar-refractivity contribution is 0.394. The van der Waals surface area contributed by atoms with E-state index in [-0.39, 0.29) is 24.0 Å². The summed E-state index contributed by atoms with van der Waals surface area (Å²) in [5.74, 6) is 1.58. The van der Waals surface area contributed by atoms with E-state index < -0.39 is 0 Å². The van der Waals surface area contributed by atoms with Crippen molar-refractivity contribution in [1.29, 1.82) is 0 Å². The fourth-order valence-electron chi connectivity index (χ4n) is 2.40. The van der Waals surface area contributed by atoms with E-state index in [0.29, 0.717) is 0 Å². The number of hydrogen-bond acceptors (Lipinski definition) is 3. The molecule has 0 amide bonds. The minimum atomic E-state index is 0. The second-order valence-electron chi connectivity index (χ2n) is 5.17. The maximum Gasteiger partial charge on any atom is 0.191 e. The Morgan fingerprint density at radius 1 is 1.45 bits per heavy atom. The Labute approximate surface area is 138 Å². The number of nitrogens with one attached hydrogen (secondary N) is 2. The fraction of sp³-hybridized carbons (Fsp3) is 0.692. The van der Waals surface area contributed by atoms with Crippen molar-refractivity contribution in [1.82, 2.24) is 25.3 Å². The minimum Gasteiger partial charge on any atom is -0.356 e.